The lowest BCUT2D eigenvalue weighted by Gasteiger charge is -2.41. The molecule has 1 aliphatic heterocycles. The third-order valence-corrected chi connectivity index (χ3v) is 4.22. The van der Waals surface area contributed by atoms with Crippen LogP contribution >= 0.6 is 0 Å². The molecule has 0 N–H and O–H groups in total. The van der Waals surface area contributed by atoms with E-state index in [9.17, 15) is 4.79 Å². The van der Waals surface area contributed by atoms with Gasteiger partial charge < -0.3 is 9.64 Å². The molecule has 0 spiro atoms. The van der Waals surface area contributed by atoms with Crippen molar-refractivity contribution in [2.75, 3.05) is 19.7 Å². The first-order chi connectivity index (χ1) is 8.03. The Balaban J connectivity index is 2.38. The molecule has 0 saturated carbocycles. The maximum Gasteiger partial charge on any atom is 0.248 e. The average Bonchev–Trinajstić information content (AvgIpc) is 2.36. The molecule has 0 aromatic heterocycles. The topological polar surface area (TPSA) is 29.5 Å². The first-order valence-electron chi connectivity index (χ1n) is 6.92. The van der Waals surface area contributed by atoms with Gasteiger partial charge in [-0.05, 0) is 32.1 Å². The molecular formula is C14H27NO2. The van der Waals surface area contributed by atoms with Crippen LogP contribution < -0.4 is 0 Å². The molecule has 1 saturated heterocycles. The Morgan fingerprint density at radius 2 is 1.76 bits per heavy atom. The summed E-state index contributed by atoms with van der Waals surface area (Å²) in [6.07, 6.45) is 4.89. The number of hydrogen-bond donors (Lipinski definition) is 0. The number of ether oxygens (including phenoxy) is 1. The first kappa shape index (κ1) is 14.5. The largest absolute Gasteiger partial charge is 0.369 e. The molecule has 1 aliphatic rings. The molecule has 3 heteroatoms. The summed E-state index contributed by atoms with van der Waals surface area (Å²) >= 11 is 0. The smallest absolute Gasteiger partial charge is 0.248 e. The number of rotatable bonds is 5. The number of hydrogen-bond acceptors (Lipinski definition) is 2. The van der Waals surface area contributed by atoms with Gasteiger partial charge in [-0.25, -0.2) is 0 Å². The minimum atomic E-state index is 0.133. The van der Waals surface area contributed by atoms with E-state index in [1.54, 1.807) is 0 Å². The minimum absolute atomic E-state index is 0.133. The highest BCUT2D eigenvalue weighted by molar-refractivity contribution is 5.77. The van der Waals surface area contributed by atoms with Crippen LogP contribution in [0.4, 0.5) is 0 Å². The van der Waals surface area contributed by atoms with Crippen LogP contribution in [0.3, 0.4) is 0 Å². The average molecular weight is 241 g/mol. The Morgan fingerprint density at radius 3 is 2.18 bits per heavy atom. The Hall–Kier alpha value is -0.570. The van der Waals surface area contributed by atoms with Gasteiger partial charge in [0, 0.05) is 13.1 Å². The second-order valence-electron chi connectivity index (χ2n) is 5.45. The van der Waals surface area contributed by atoms with Crippen molar-refractivity contribution in [2.24, 2.45) is 5.41 Å². The number of carbonyl (C=O) groups excluding carboxylic acids is 1. The zero-order chi connectivity index (χ0) is 12.9. The van der Waals surface area contributed by atoms with Crippen molar-refractivity contribution in [3.05, 3.63) is 0 Å². The van der Waals surface area contributed by atoms with Crippen molar-refractivity contribution in [1.29, 1.82) is 0 Å². The molecule has 100 valence electrons. The highest BCUT2D eigenvalue weighted by Crippen LogP contribution is 2.37. The van der Waals surface area contributed by atoms with Crippen molar-refractivity contribution in [1.82, 2.24) is 4.90 Å². The van der Waals surface area contributed by atoms with Gasteiger partial charge in [-0.3, -0.25) is 4.79 Å². The Bertz CT molecular complexity index is 237. The van der Waals surface area contributed by atoms with Crippen molar-refractivity contribution >= 4 is 5.91 Å². The summed E-state index contributed by atoms with van der Waals surface area (Å²) in [5, 5.41) is 0. The van der Waals surface area contributed by atoms with E-state index in [4.69, 9.17) is 4.74 Å². The maximum absolute atomic E-state index is 11.9. The van der Waals surface area contributed by atoms with Gasteiger partial charge in [0.1, 0.15) is 6.61 Å². The van der Waals surface area contributed by atoms with E-state index in [2.05, 4.69) is 13.8 Å². The molecule has 1 fully saturated rings. The molecule has 0 aromatic carbocycles. The quantitative estimate of drug-likeness (QED) is 0.740. The molecule has 0 radical (unpaired) electrons. The fourth-order valence-corrected chi connectivity index (χ4v) is 2.52. The second-order valence-corrected chi connectivity index (χ2v) is 5.45. The van der Waals surface area contributed by atoms with Crippen molar-refractivity contribution in [3.63, 3.8) is 0 Å². The van der Waals surface area contributed by atoms with Gasteiger partial charge in [-0.1, -0.05) is 26.7 Å². The van der Waals surface area contributed by atoms with E-state index in [-0.39, 0.29) is 18.6 Å². The van der Waals surface area contributed by atoms with Crippen LogP contribution in [0.15, 0.2) is 0 Å². The standard InChI is InChI=1S/C14H27NO2/c1-5-14(6-2)7-9-15(10-8-14)13(16)11-17-12(3)4/h12H,5-11H2,1-4H3. The van der Waals surface area contributed by atoms with Crippen LogP contribution in [0.1, 0.15) is 53.4 Å². The van der Waals surface area contributed by atoms with Gasteiger partial charge in [0.2, 0.25) is 5.91 Å². The molecule has 3 nitrogen and oxygen atoms in total. The van der Waals surface area contributed by atoms with Gasteiger partial charge >= 0.3 is 0 Å². The zero-order valence-corrected chi connectivity index (χ0v) is 11.8. The predicted molar refractivity (Wildman–Crippen MR) is 69.9 cm³/mol. The summed E-state index contributed by atoms with van der Waals surface area (Å²) in [6, 6.07) is 0. The first-order valence-corrected chi connectivity index (χ1v) is 6.92. The number of piperidine rings is 1. The number of likely N-dealkylation sites (tertiary alicyclic amines) is 1. The molecule has 0 unspecified atom stereocenters. The Kier molecular flexibility index (Phi) is 5.44. The second kappa shape index (κ2) is 6.39. The molecular weight excluding hydrogens is 214 g/mol. The molecule has 1 rings (SSSR count). The lowest BCUT2D eigenvalue weighted by molar-refractivity contribution is -0.140. The maximum atomic E-state index is 11.9. The van der Waals surface area contributed by atoms with Crippen molar-refractivity contribution < 1.29 is 9.53 Å². The fraction of sp³-hybridized carbons (Fsp3) is 0.929. The van der Waals surface area contributed by atoms with Gasteiger partial charge in [-0.2, -0.15) is 0 Å². The molecule has 1 heterocycles. The van der Waals surface area contributed by atoms with Crippen LogP contribution in [0.25, 0.3) is 0 Å². The Morgan fingerprint density at radius 1 is 1.24 bits per heavy atom. The van der Waals surface area contributed by atoms with E-state index in [1.807, 2.05) is 18.7 Å². The summed E-state index contributed by atoms with van der Waals surface area (Å²) < 4.78 is 5.37. The van der Waals surface area contributed by atoms with E-state index in [1.165, 1.54) is 12.8 Å². The summed E-state index contributed by atoms with van der Waals surface area (Å²) in [5.41, 5.74) is 0.482. The number of amides is 1. The summed E-state index contributed by atoms with van der Waals surface area (Å²) in [6.45, 7) is 10.5. The zero-order valence-electron chi connectivity index (χ0n) is 11.8. The summed E-state index contributed by atoms with van der Waals surface area (Å²) in [7, 11) is 0. The predicted octanol–water partition coefficient (Wildman–Crippen LogP) is 2.84. The van der Waals surface area contributed by atoms with Crippen LogP contribution in [0.5, 0.6) is 0 Å². The lowest BCUT2D eigenvalue weighted by Crippen LogP contribution is -2.44. The molecule has 0 aliphatic carbocycles. The molecule has 1 amide bonds. The van der Waals surface area contributed by atoms with Crippen molar-refractivity contribution in [2.45, 2.75) is 59.5 Å². The van der Waals surface area contributed by atoms with Crippen LogP contribution in [-0.2, 0) is 9.53 Å². The summed E-state index contributed by atoms with van der Waals surface area (Å²) in [4.78, 5) is 13.9. The molecule has 17 heavy (non-hydrogen) atoms. The Labute approximate surface area is 106 Å². The summed E-state index contributed by atoms with van der Waals surface area (Å²) in [5.74, 6) is 0.152. The lowest BCUT2D eigenvalue weighted by atomic mass is 9.74. The van der Waals surface area contributed by atoms with E-state index in [0.717, 1.165) is 25.9 Å². The fourth-order valence-electron chi connectivity index (χ4n) is 2.52. The SMILES string of the molecule is CCC1(CC)CCN(C(=O)COC(C)C)CC1. The number of carbonyl (C=O) groups is 1. The third-order valence-electron chi connectivity index (χ3n) is 4.22. The molecule has 0 bridgehead atoms. The highest BCUT2D eigenvalue weighted by atomic mass is 16.5. The van der Waals surface area contributed by atoms with Gasteiger partial charge in [0.05, 0.1) is 6.10 Å². The van der Waals surface area contributed by atoms with E-state index < -0.39 is 0 Å². The monoisotopic (exact) mass is 241 g/mol. The van der Waals surface area contributed by atoms with E-state index in [0.29, 0.717) is 5.41 Å². The van der Waals surface area contributed by atoms with Crippen molar-refractivity contribution in [3.8, 4) is 0 Å². The molecule has 0 aromatic rings. The molecule has 0 atom stereocenters. The van der Waals surface area contributed by atoms with Crippen LogP contribution in [0.2, 0.25) is 0 Å². The number of nitrogens with zero attached hydrogens (tertiary/aromatic N) is 1. The van der Waals surface area contributed by atoms with E-state index >= 15 is 0 Å². The minimum Gasteiger partial charge on any atom is -0.369 e. The van der Waals surface area contributed by atoms with Gasteiger partial charge in [0.25, 0.3) is 0 Å². The normalized spacial score (nSPS) is 19.7. The van der Waals surface area contributed by atoms with Gasteiger partial charge in [-0.15, -0.1) is 0 Å². The van der Waals surface area contributed by atoms with Crippen LogP contribution in [0, 0.1) is 5.41 Å². The van der Waals surface area contributed by atoms with Crippen LogP contribution in [-0.4, -0.2) is 36.6 Å². The van der Waals surface area contributed by atoms with Gasteiger partial charge in [0.15, 0.2) is 0 Å². The third kappa shape index (κ3) is 3.98. The highest BCUT2D eigenvalue weighted by Gasteiger charge is 2.32.